The number of benzene rings is 2. The van der Waals surface area contributed by atoms with E-state index < -0.39 is 0 Å². The zero-order valence-electron chi connectivity index (χ0n) is 12.7. The summed E-state index contributed by atoms with van der Waals surface area (Å²) >= 11 is 10.1. The van der Waals surface area contributed by atoms with Gasteiger partial charge in [0.15, 0.2) is 0 Å². The number of aromatic amines is 1. The van der Waals surface area contributed by atoms with Gasteiger partial charge in [-0.3, -0.25) is 0 Å². The van der Waals surface area contributed by atoms with Gasteiger partial charge in [-0.15, -0.1) is 0 Å². The van der Waals surface area contributed by atoms with Gasteiger partial charge in [0.25, 0.3) is 0 Å². The van der Waals surface area contributed by atoms with Crippen molar-refractivity contribution < 1.29 is 19.4 Å². The van der Waals surface area contributed by atoms with Crippen molar-refractivity contribution in [2.24, 2.45) is 7.05 Å². The van der Waals surface area contributed by atoms with Crippen LogP contribution in [0.3, 0.4) is 0 Å². The molecule has 0 fully saturated rings. The molecule has 0 aliphatic rings. The molecule has 1 aromatic heterocycles. The van der Waals surface area contributed by atoms with E-state index in [1.807, 2.05) is 42.1 Å². The van der Waals surface area contributed by atoms with E-state index in [9.17, 15) is 0 Å². The molecule has 0 aliphatic heterocycles. The topological polar surface area (TPSA) is 36.9 Å². The first-order chi connectivity index (χ1) is 11.5. The fourth-order valence-electron chi connectivity index (χ4n) is 1.84. The van der Waals surface area contributed by atoms with E-state index in [2.05, 4.69) is 117 Å². The number of halogens is 3. The zero-order chi connectivity index (χ0) is 17.5. The van der Waals surface area contributed by atoms with Crippen molar-refractivity contribution in [3.8, 4) is 11.4 Å². The van der Waals surface area contributed by atoms with Gasteiger partial charge in [0.2, 0.25) is 0 Å². The molecule has 130 valence electrons. The van der Waals surface area contributed by atoms with Crippen LogP contribution in [0.5, 0.6) is 0 Å². The molecule has 0 saturated carbocycles. The van der Waals surface area contributed by atoms with Crippen LogP contribution in [0.25, 0.3) is 11.4 Å². The van der Waals surface area contributed by atoms with Crippen LogP contribution in [0.2, 0.25) is 0 Å². The maximum absolute atomic E-state index is 4.33. The molecule has 1 N–H and O–H groups in total. The molecule has 4 nitrogen and oxygen atoms in total. The normalized spacial score (nSPS) is 10.5. The van der Waals surface area contributed by atoms with E-state index >= 15 is 0 Å². The Morgan fingerprint density at radius 3 is 2.25 bits per heavy atom. The quantitative estimate of drug-likeness (QED) is 0.284. The first-order valence-electron chi connectivity index (χ1n) is 6.93. The summed E-state index contributed by atoms with van der Waals surface area (Å²) in [7, 11) is 1.92. The Morgan fingerprint density at radius 2 is 1.75 bits per heavy atom. The Balaban J connectivity index is 0.000000177. The molecule has 24 heavy (non-hydrogen) atoms. The van der Waals surface area contributed by atoms with Gasteiger partial charge >= 0.3 is 86.7 Å². The number of aryl methyl sites for hydroxylation is 1. The van der Waals surface area contributed by atoms with Crippen molar-refractivity contribution in [3.63, 3.8) is 0 Å². The van der Waals surface area contributed by atoms with E-state index in [0.717, 1.165) is 26.2 Å². The van der Waals surface area contributed by atoms with Gasteiger partial charge in [-0.05, 0) is 17.7 Å². The third-order valence-corrected chi connectivity index (χ3v) is 5.22. The Bertz CT molecular complexity index is 816. The van der Waals surface area contributed by atoms with Crippen molar-refractivity contribution in [1.29, 1.82) is 0 Å². The van der Waals surface area contributed by atoms with Gasteiger partial charge in [-0.2, -0.15) is 1.33 Å². The molecule has 0 unspecified atom stereocenters. The molecule has 8 heteroatoms. The van der Waals surface area contributed by atoms with Gasteiger partial charge in [-0.1, -0.05) is 28.1 Å². The van der Waals surface area contributed by atoms with E-state index in [-0.39, 0.29) is 0 Å². The van der Waals surface area contributed by atoms with Gasteiger partial charge in [0, 0.05) is 56.7 Å². The summed E-state index contributed by atoms with van der Waals surface area (Å²) in [4.78, 5) is 3.20. The Hall–Kier alpha value is 0.168. The number of nitrogens with zero attached hydrogens (tertiary/aromatic N) is 3. The minimum atomic E-state index is 0.910. The average molecular weight is 792 g/mol. The Labute approximate surface area is 188 Å². The summed E-state index contributed by atoms with van der Waals surface area (Å²) in [5, 5.41) is 4.33. The molecule has 0 radical (unpaired) electrons. The second kappa shape index (κ2) is 10.3. The van der Waals surface area contributed by atoms with Crippen molar-refractivity contribution >= 4 is 61.7 Å². The first-order valence-corrected chi connectivity index (χ1v) is 10.8. The Morgan fingerprint density at radius 1 is 1.12 bits per heavy atom. The third kappa shape index (κ3) is 6.82. The first kappa shape index (κ1) is 20.5. The summed E-state index contributed by atoms with van der Waals surface area (Å²) in [6, 6.07) is 18.4. The van der Waals surface area contributed by atoms with Crippen LogP contribution >= 0.6 is 61.7 Å². The van der Waals surface area contributed by atoms with Crippen LogP contribution in [0, 0.1) is 3.80 Å². The summed E-state index contributed by atoms with van der Waals surface area (Å²) < 4.78 is 6.08. The molecular weight excluding hydrogens is 777 g/mol. The molecule has 3 rings (SSSR count). The van der Waals surface area contributed by atoms with Crippen molar-refractivity contribution in [3.05, 3.63) is 68.4 Å². The summed E-state index contributed by atoms with van der Waals surface area (Å²) in [5.41, 5.74) is 2.44. The van der Waals surface area contributed by atoms with Crippen LogP contribution in [0.4, 0.5) is 0 Å². The van der Waals surface area contributed by atoms with E-state index in [4.69, 9.17) is 0 Å². The average Bonchev–Trinajstić information content (AvgIpc) is 2.90. The summed E-state index contributed by atoms with van der Waals surface area (Å²) in [6.07, 6.45) is 0. The number of nitrogens with one attached hydrogen (secondary N) is 1. The van der Waals surface area contributed by atoms with Crippen molar-refractivity contribution in [2.75, 3.05) is 0 Å². The standard InChI is InChI=1S/C9H9N3.C7H6BrI2N.Pt/c1-12-7-10-9(11-12)8-5-3-2-4-6-8;8-7-3-1-6(2-4-7)5-11(9)10;/h2-6H,1H3,(H,10,11);1-4H,5H2;. The number of hydrogen-bond donors (Lipinski definition) is 1. The van der Waals surface area contributed by atoms with Crippen LogP contribution in [0.1, 0.15) is 5.56 Å². The molecule has 2 aromatic carbocycles. The number of H-pyrrole nitrogens is 1. The molecular formula is C16H15BrI2N4Pt. The zero-order valence-corrected chi connectivity index (χ0v) is 20.9. The molecule has 0 spiro atoms. The third-order valence-electron chi connectivity index (χ3n) is 2.99. The van der Waals surface area contributed by atoms with Crippen LogP contribution in [0.15, 0.2) is 59.1 Å². The predicted octanol–water partition coefficient (Wildman–Crippen LogP) is 5.45. The number of hydrogen-bond acceptors (Lipinski definition) is 2. The Kier molecular flexibility index (Phi) is 8.83. The molecule has 0 saturated heterocycles. The van der Waals surface area contributed by atoms with E-state index in [1.165, 1.54) is 5.56 Å². The number of aromatic nitrogens is 3. The fraction of sp³-hybridized carbons (Fsp3) is 0.125. The van der Waals surface area contributed by atoms with E-state index in [0.29, 0.717) is 0 Å². The van der Waals surface area contributed by atoms with Crippen LogP contribution in [-0.2, 0) is 32.9 Å². The monoisotopic (exact) mass is 791 g/mol. The van der Waals surface area contributed by atoms with Crippen molar-refractivity contribution in [1.82, 2.24) is 16.1 Å². The second-order valence-electron chi connectivity index (χ2n) is 4.81. The van der Waals surface area contributed by atoms with Gasteiger partial charge in [-0.25, -0.2) is 0 Å². The molecule has 3 aromatic rings. The molecule has 0 amide bonds. The van der Waals surface area contributed by atoms with Crippen molar-refractivity contribution in [2.45, 2.75) is 6.54 Å². The molecule has 0 aliphatic carbocycles. The fourth-order valence-corrected chi connectivity index (χ4v) is 3.28. The minimum absolute atomic E-state index is 0.910. The second-order valence-corrected chi connectivity index (χ2v) is 11.0. The summed E-state index contributed by atoms with van der Waals surface area (Å²) in [6.45, 7) is 0.981. The van der Waals surface area contributed by atoms with Crippen LogP contribution < -0.4 is 0 Å². The SMILES string of the molecule is Brc1ccc(CN(I)I)cc1.Cn1nc(-c2ccccc2)[nH][c]1=[Pt]. The summed E-state index contributed by atoms with van der Waals surface area (Å²) in [5.74, 6) is 0.910. The molecule has 0 bridgehead atoms. The molecule has 1 heterocycles. The number of rotatable bonds is 3. The predicted molar refractivity (Wildman–Crippen MR) is 114 cm³/mol. The maximum atomic E-state index is 4.33. The van der Waals surface area contributed by atoms with E-state index in [1.54, 1.807) is 0 Å². The van der Waals surface area contributed by atoms with Gasteiger partial charge in [0.1, 0.15) is 0 Å². The van der Waals surface area contributed by atoms with Gasteiger partial charge in [0.05, 0.1) is 0 Å². The molecule has 0 atom stereocenters. The van der Waals surface area contributed by atoms with Crippen LogP contribution in [-0.4, -0.2) is 16.1 Å². The van der Waals surface area contributed by atoms with Gasteiger partial charge < -0.3 is 0 Å².